The standard InChI is InChI=1S/C9H9O2S/c10-9(11)7-5-12-8-4-2-1-3-6(7)8/h1-4H2,(H,10,11). The van der Waals surface area contributed by atoms with Gasteiger partial charge in [-0.05, 0) is 31.2 Å². The number of hydrogen-bond acceptors (Lipinski definition) is 2. The van der Waals surface area contributed by atoms with Gasteiger partial charge in [0.25, 0.3) is 0 Å². The van der Waals surface area contributed by atoms with E-state index in [4.69, 9.17) is 5.11 Å². The van der Waals surface area contributed by atoms with E-state index in [-0.39, 0.29) is 0 Å². The number of carbonyl (C=O) groups is 1. The maximum absolute atomic E-state index is 10.7. The Bertz CT molecular complexity index is 314. The van der Waals surface area contributed by atoms with Gasteiger partial charge in [-0.15, -0.1) is 11.3 Å². The molecule has 0 fully saturated rings. The SMILES string of the molecule is O=C(O)c1[c]sc2c1CCCC2. The van der Waals surface area contributed by atoms with Crippen molar-refractivity contribution in [3.8, 4) is 0 Å². The predicted molar refractivity (Wildman–Crippen MR) is 46.8 cm³/mol. The van der Waals surface area contributed by atoms with Crippen molar-refractivity contribution in [2.45, 2.75) is 25.7 Å². The fourth-order valence-electron chi connectivity index (χ4n) is 1.60. The highest BCUT2D eigenvalue weighted by Crippen LogP contribution is 2.29. The van der Waals surface area contributed by atoms with Crippen molar-refractivity contribution in [2.24, 2.45) is 0 Å². The quantitative estimate of drug-likeness (QED) is 0.720. The first-order chi connectivity index (χ1) is 5.79. The Morgan fingerprint density at radius 3 is 2.92 bits per heavy atom. The van der Waals surface area contributed by atoms with Crippen LogP contribution in [0, 0.1) is 5.38 Å². The molecule has 2 nitrogen and oxygen atoms in total. The molecular formula is C9H9O2S. The van der Waals surface area contributed by atoms with Gasteiger partial charge in [0.15, 0.2) is 0 Å². The summed E-state index contributed by atoms with van der Waals surface area (Å²) in [6.45, 7) is 0. The number of hydrogen-bond donors (Lipinski definition) is 1. The predicted octanol–water partition coefficient (Wildman–Crippen LogP) is 2.13. The van der Waals surface area contributed by atoms with Gasteiger partial charge in [-0.25, -0.2) is 4.79 Å². The minimum Gasteiger partial charge on any atom is -0.478 e. The molecule has 0 bridgehead atoms. The molecule has 0 amide bonds. The number of carboxylic acid groups (broad SMARTS) is 1. The van der Waals surface area contributed by atoms with Crippen LogP contribution in [-0.4, -0.2) is 11.1 Å². The molecule has 0 saturated heterocycles. The molecule has 1 radical (unpaired) electrons. The monoisotopic (exact) mass is 181 g/mol. The topological polar surface area (TPSA) is 37.3 Å². The van der Waals surface area contributed by atoms with E-state index in [9.17, 15) is 4.79 Å². The lowest BCUT2D eigenvalue weighted by Gasteiger charge is -2.10. The van der Waals surface area contributed by atoms with E-state index in [0.29, 0.717) is 5.56 Å². The maximum atomic E-state index is 10.7. The van der Waals surface area contributed by atoms with Crippen LogP contribution < -0.4 is 0 Å². The Hall–Kier alpha value is -0.830. The molecule has 1 heterocycles. The van der Waals surface area contributed by atoms with Crippen LogP contribution in [0.4, 0.5) is 0 Å². The fourth-order valence-corrected chi connectivity index (χ4v) is 2.61. The summed E-state index contributed by atoms with van der Waals surface area (Å²) in [5.41, 5.74) is 1.45. The van der Waals surface area contributed by atoms with E-state index >= 15 is 0 Å². The highest BCUT2D eigenvalue weighted by Gasteiger charge is 2.19. The highest BCUT2D eigenvalue weighted by molar-refractivity contribution is 7.10. The number of fused-ring (bicyclic) bond motifs is 1. The average Bonchev–Trinajstić information content (AvgIpc) is 2.47. The number of carboxylic acids is 1. The summed E-state index contributed by atoms with van der Waals surface area (Å²) < 4.78 is 0. The van der Waals surface area contributed by atoms with E-state index in [1.807, 2.05) is 0 Å². The molecule has 0 saturated carbocycles. The normalized spacial score (nSPS) is 15.7. The first-order valence-corrected chi connectivity index (χ1v) is 4.86. The molecule has 1 aliphatic rings. The molecule has 12 heavy (non-hydrogen) atoms. The first kappa shape index (κ1) is 7.80. The summed E-state index contributed by atoms with van der Waals surface area (Å²) in [4.78, 5) is 11.9. The summed E-state index contributed by atoms with van der Waals surface area (Å²) in [7, 11) is 0. The summed E-state index contributed by atoms with van der Waals surface area (Å²) in [5.74, 6) is -0.825. The molecule has 63 valence electrons. The van der Waals surface area contributed by atoms with Crippen molar-refractivity contribution in [1.29, 1.82) is 0 Å². The summed E-state index contributed by atoms with van der Waals surface area (Å²) in [6.07, 6.45) is 4.29. The smallest absolute Gasteiger partial charge is 0.337 e. The van der Waals surface area contributed by atoms with E-state index in [2.05, 4.69) is 5.38 Å². The van der Waals surface area contributed by atoms with Crippen LogP contribution in [0.3, 0.4) is 0 Å². The molecule has 2 rings (SSSR count). The summed E-state index contributed by atoms with van der Waals surface area (Å²) in [6, 6.07) is 0. The molecule has 1 aromatic heterocycles. The van der Waals surface area contributed by atoms with Gasteiger partial charge in [-0.2, -0.15) is 0 Å². The van der Waals surface area contributed by atoms with Crippen LogP contribution in [0.2, 0.25) is 0 Å². The Labute approximate surface area is 74.8 Å². The van der Waals surface area contributed by atoms with Crippen molar-refractivity contribution >= 4 is 17.3 Å². The summed E-state index contributed by atoms with van der Waals surface area (Å²) in [5, 5.41) is 11.7. The molecular weight excluding hydrogens is 172 g/mol. The van der Waals surface area contributed by atoms with E-state index < -0.39 is 5.97 Å². The van der Waals surface area contributed by atoms with Gasteiger partial charge in [0.05, 0.1) is 10.9 Å². The number of aromatic carboxylic acids is 1. The van der Waals surface area contributed by atoms with Crippen molar-refractivity contribution in [3.63, 3.8) is 0 Å². The second-order valence-corrected chi connectivity index (χ2v) is 3.89. The molecule has 0 aromatic carbocycles. The van der Waals surface area contributed by atoms with E-state index in [0.717, 1.165) is 24.8 Å². The number of rotatable bonds is 1. The van der Waals surface area contributed by atoms with Crippen molar-refractivity contribution in [3.05, 3.63) is 21.4 Å². The lowest BCUT2D eigenvalue weighted by Crippen LogP contribution is -2.05. The fraction of sp³-hybridized carbons (Fsp3) is 0.444. The molecule has 0 atom stereocenters. The average molecular weight is 181 g/mol. The summed E-state index contributed by atoms with van der Waals surface area (Å²) >= 11 is 1.47. The lowest BCUT2D eigenvalue weighted by molar-refractivity contribution is 0.0695. The second kappa shape index (κ2) is 2.90. The van der Waals surface area contributed by atoms with Crippen LogP contribution in [0.5, 0.6) is 0 Å². The van der Waals surface area contributed by atoms with Crippen molar-refractivity contribution in [2.75, 3.05) is 0 Å². The number of aryl methyl sites for hydroxylation is 1. The minimum atomic E-state index is -0.825. The maximum Gasteiger partial charge on any atom is 0.337 e. The third-order valence-electron chi connectivity index (χ3n) is 2.21. The molecule has 0 spiro atoms. The van der Waals surface area contributed by atoms with Crippen LogP contribution in [0.25, 0.3) is 0 Å². The van der Waals surface area contributed by atoms with Gasteiger partial charge in [-0.1, -0.05) is 0 Å². The van der Waals surface area contributed by atoms with Gasteiger partial charge in [0, 0.05) is 4.88 Å². The van der Waals surface area contributed by atoms with E-state index in [1.54, 1.807) is 0 Å². The largest absolute Gasteiger partial charge is 0.478 e. The highest BCUT2D eigenvalue weighted by atomic mass is 32.1. The second-order valence-electron chi connectivity index (χ2n) is 2.99. The Morgan fingerprint density at radius 1 is 1.42 bits per heavy atom. The third kappa shape index (κ3) is 1.14. The third-order valence-corrected chi connectivity index (χ3v) is 3.21. The van der Waals surface area contributed by atoms with Gasteiger partial charge >= 0.3 is 5.97 Å². The molecule has 1 aliphatic carbocycles. The van der Waals surface area contributed by atoms with Crippen LogP contribution in [0.15, 0.2) is 0 Å². The van der Waals surface area contributed by atoms with Gasteiger partial charge < -0.3 is 5.11 Å². The van der Waals surface area contributed by atoms with Gasteiger partial charge in [0.1, 0.15) is 0 Å². The van der Waals surface area contributed by atoms with Crippen LogP contribution in [0.1, 0.15) is 33.6 Å². The Kier molecular flexibility index (Phi) is 1.89. The molecule has 1 N–H and O–H groups in total. The van der Waals surface area contributed by atoms with Gasteiger partial charge in [-0.3, -0.25) is 0 Å². The van der Waals surface area contributed by atoms with Crippen LogP contribution in [-0.2, 0) is 12.8 Å². The van der Waals surface area contributed by atoms with E-state index in [1.165, 1.54) is 22.6 Å². The zero-order chi connectivity index (χ0) is 8.55. The minimum absolute atomic E-state index is 0.412. The molecule has 1 aromatic rings. The molecule has 3 heteroatoms. The zero-order valence-corrected chi connectivity index (χ0v) is 7.41. The van der Waals surface area contributed by atoms with Gasteiger partial charge in [0.2, 0.25) is 0 Å². The lowest BCUT2D eigenvalue weighted by atomic mass is 9.96. The Balaban J connectivity index is 2.44. The molecule has 0 unspecified atom stereocenters. The zero-order valence-electron chi connectivity index (χ0n) is 6.59. The van der Waals surface area contributed by atoms with Crippen LogP contribution >= 0.6 is 11.3 Å². The molecule has 0 aliphatic heterocycles. The Morgan fingerprint density at radius 2 is 2.17 bits per heavy atom. The first-order valence-electron chi connectivity index (χ1n) is 4.04. The van der Waals surface area contributed by atoms with Crippen molar-refractivity contribution < 1.29 is 9.90 Å². The van der Waals surface area contributed by atoms with Crippen molar-refractivity contribution in [1.82, 2.24) is 0 Å². The number of thiophene rings is 1.